The highest BCUT2D eigenvalue weighted by molar-refractivity contribution is 8.26. The zero-order valence-electron chi connectivity index (χ0n) is 34.2. The predicted molar refractivity (Wildman–Crippen MR) is 264 cm³/mol. The van der Waals surface area contributed by atoms with E-state index in [1.165, 1.54) is 15.9 Å². The maximum absolute atomic E-state index is 14.2. The summed E-state index contributed by atoms with van der Waals surface area (Å²) < 4.78 is 50.4. The van der Waals surface area contributed by atoms with E-state index in [0.29, 0.717) is 28.3 Å². The molecule has 0 amide bonds. The van der Waals surface area contributed by atoms with Gasteiger partial charge in [-0.25, -0.2) is 0 Å². The summed E-state index contributed by atoms with van der Waals surface area (Å²) in [6.07, 6.45) is 0. The summed E-state index contributed by atoms with van der Waals surface area (Å²) in [5.41, 5.74) is 0. The molecule has 0 bridgehead atoms. The molecular weight excluding hydrogens is 886 g/mol. The smallest absolute Gasteiger partial charge is 0.185 e. The molecule has 6 heterocycles. The first kappa shape index (κ1) is 38.5. The predicted octanol–water partition coefficient (Wildman–Crippen LogP) is 10.8. The van der Waals surface area contributed by atoms with E-state index in [4.69, 9.17) is 40.2 Å². The second kappa shape index (κ2) is 14.8. The lowest BCUT2D eigenvalue weighted by atomic mass is 10.3. The van der Waals surface area contributed by atoms with Gasteiger partial charge in [0.1, 0.15) is 74.3 Å². The number of ether oxygens (including phenoxy) is 6. The lowest BCUT2D eigenvalue weighted by Gasteiger charge is -2.37. The number of fused-ring (bicyclic) bond motifs is 12. The average Bonchev–Trinajstić information content (AvgIpc) is 3.35. The van der Waals surface area contributed by atoms with Crippen molar-refractivity contribution < 1.29 is 33.0 Å². The van der Waals surface area contributed by atoms with Gasteiger partial charge in [-0.1, -0.05) is 115 Å². The molecule has 0 atom stereocenters. The fraction of sp³-hybridized carbons (Fsp3) is 0. The monoisotopic (exact) mass is 918 g/mol. The second-order valence-corrected chi connectivity index (χ2v) is 24.8. The van der Waals surface area contributed by atoms with E-state index in [1.54, 1.807) is 0 Å². The first-order valence-electron chi connectivity index (χ1n) is 21.0. The van der Waals surface area contributed by atoms with Gasteiger partial charge < -0.3 is 33.0 Å². The van der Waals surface area contributed by atoms with E-state index in [0.717, 1.165) is 72.5 Å². The van der Waals surface area contributed by atoms with E-state index in [2.05, 4.69) is 36.4 Å². The van der Waals surface area contributed by atoms with Crippen molar-refractivity contribution in [3.63, 3.8) is 0 Å². The van der Waals surface area contributed by atoms with E-state index in [-0.39, 0.29) is 0 Å². The van der Waals surface area contributed by atoms with Crippen molar-refractivity contribution in [1.29, 1.82) is 0 Å². The van der Waals surface area contributed by atoms with Gasteiger partial charge in [0.2, 0.25) is 0 Å². The largest absolute Gasteiger partial charge is 0.456 e. The molecule has 0 N–H and O–H groups in total. The molecule has 9 aromatic carbocycles. The molecule has 0 fully saturated rings. The Balaban J connectivity index is 0.0000000978. The van der Waals surface area contributed by atoms with Crippen molar-refractivity contribution in [2.75, 3.05) is 0 Å². The highest BCUT2D eigenvalue weighted by atomic mass is 32.4. The molecule has 6 aliphatic heterocycles. The Morgan fingerprint density at radius 3 is 1.03 bits per heavy atom. The van der Waals surface area contributed by atoms with Crippen molar-refractivity contribution >= 4 is 80.6 Å². The molecule has 0 saturated heterocycles. The van der Waals surface area contributed by atoms with Crippen molar-refractivity contribution in [2.24, 2.45) is 0 Å². The van der Waals surface area contributed by atoms with E-state index in [9.17, 15) is 4.57 Å². The molecular formula is C54H33O7P3S. The molecule has 0 saturated carbocycles. The Bertz CT molecular complexity index is 3200. The normalized spacial score (nSPS) is 15.2. The standard InChI is InChI=1S/C18H11O3P.C18H11O2PS.C18H11O2P/c19-22-16-10-3-1-6-12(16)20-14-8-5-9-15(18(14)22)21-13-7-2-4-11-17(13)22;22-21-16-10-3-1-6-12(16)19-14-8-5-9-15(18(14)21)20-13-7-2-4-11-17(13)21;1-3-10-16-12(6-1)19-14-8-5-9-15-18(14)21(16)17-11-4-2-7-13(17)20-15/h2*1-11H;1-11H. The number of benzene rings is 9. The lowest BCUT2D eigenvalue weighted by molar-refractivity contribution is 0.461. The molecule has 65 heavy (non-hydrogen) atoms. The molecule has 9 aromatic rings. The van der Waals surface area contributed by atoms with Crippen LogP contribution in [0.5, 0.6) is 69.0 Å². The lowest BCUT2D eigenvalue weighted by Crippen LogP contribution is -2.34. The molecule has 6 aliphatic rings. The van der Waals surface area contributed by atoms with Crippen molar-refractivity contribution in [3.8, 4) is 69.0 Å². The summed E-state index contributed by atoms with van der Waals surface area (Å²) in [7, 11) is -3.57. The van der Waals surface area contributed by atoms with Gasteiger partial charge in [-0.3, -0.25) is 0 Å². The van der Waals surface area contributed by atoms with Gasteiger partial charge in [-0.2, -0.15) is 0 Å². The highest BCUT2D eigenvalue weighted by Gasteiger charge is 2.46. The Labute approximate surface area is 380 Å². The number of hydrogen-bond donors (Lipinski definition) is 0. The van der Waals surface area contributed by atoms with E-state index < -0.39 is 21.1 Å². The zero-order valence-corrected chi connectivity index (χ0v) is 37.7. The van der Waals surface area contributed by atoms with Crippen LogP contribution in [-0.2, 0) is 16.4 Å². The Hall–Kier alpha value is -6.91. The maximum Gasteiger partial charge on any atom is 0.185 e. The van der Waals surface area contributed by atoms with Crippen LogP contribution in [0, 0.1) is 0 Å². The molecule has 15 rings (SSSR count). The Morgan fingerprint density at radius 2 is 0.600 bits per heavy atom. The van der Waals surface area contributed by atoms with Gasteiger partial charge >= 0.3 is 0 Å². The fourth-order valence-corrected chi connectivity index (χ4v) is 19.5. The molecule has 0 aromatic heterocycles. The van der Waals surface area contributed by atoms with E-state index >= 15 is 0 Å². The third-order valence-corrected chi connectivity index (χ3v) is 22.7. The van der Waals surface area contributed by atoms with Gasteiger partial charge in [0.25, 0.3) is 0 Å². The van der Waals surface area contributed by atoms with Gasteiger partial charge in [0.05, 0.1) is 27.3 Å². The number of hydrogen-bond acceptors (Lipinski definition) is 8. The third-order valence-electron chi connectivity index (χ3n) is 12.1. The second-order valence-electron chi connectivity index (χ2n) is 15.8. The summed E-state index contributed by atoms with van der Waals surface area (Å²) in [6.45, 7) is 0. The molecule has 0 unspecified atom stereocenters. The molecule has 312 valence electrons. The maximum atomic E-state index is 14.2. The van der Waals surface area contributed by atoms with Crippen LogP contribution in [0.25, 0.3) is 0 Å². The molecule has 11 heteroatoms. The van der Waals surface area contributed by atoms with E-state index in [1.807, 2.05) is 164 Å². The topological polar surface area (TPSA) is 72.5 Å². The summed E-state index contributed by atoms with van der Waals surface area (Å²) in [6, 6.07) is 63.3. The first-order chi connectivity index (χ1) is 32.0. The first-order valence-corrected chi connectivity index (χ1v) is 26.9. The molecule has 0 radical (unpaired) electrons. The Morgan fingerprint density at radius 1 is 0.308 bits per heavy atom. The molecule has 0 aliphatic carbocycles. The SMILES string of the molecule is O=P12c3ccccc3Oc3cccc(c31)Oc1ccccc12.S=P12c3ccccc3Oc3cccc(c31)Oc1ccccc12.c1ccc2c(c1)Oc1cccc3c1P2c1ccccc1O3. The van der Waals surface area contributed by atoms with Gasteiger partial charge in [-0.05, 0) is 97.1 Å². The van der Waals surface area contributed by atoms with Crippen LogP contribution in [0.15, 0.2) is 200 Å². The van der Waals surface area contributed by atoms with Crippen LogP contribution in [0.1, 0.15) is 0 Å². The fourth-order valence-electron chi connectivity index (χ4n) is 9.34. The minimum atomic E-state index is -2.97. The van der Waals surface area contributed by atoms with Crippen molar-refractivity contribution in [3.05, 3.63) is 200 Å². The summed E-state index contributed by atoms with van der Waals surface area (Å²) in [4.78, 5) is 0. The van der Waals surface area contributed by atoms with Crippen LogP contribution in [0.2, 0.25) is 0 Å². The van der Waals surface area contributed by atoms with Crippen LogP contribution < -0.4 is 76.2 Å². The number of para-hydroxylation sites is 6. The minimum Gasteiger partial charge on any atom is -0.456 e. The molecule has 7 nitrogen and oxygen atoms in total. The van der Waals surface area contributed by atoms with Crippen molar-refractivity contribution in [2.45, 2.75) is 0 Å². The quantitative estimate of drug-likeness (QED) is 0.139. The Kier molecular flexibility index (Phi) is 8.79. The van der Waals surface area contributed by atoms with Gasteiger partial charge in [0, 0.05) is 29.1 Å². The van der Waals surface area contributed by atoms with Crippen LogP contribution in [0.3, 0.4) is 0 Å². The van der Waals surface area contributed by atoms with Gasteiger partial charge in [-0.15, -0.1) is 0 Å². The summed E-state index contributed by atoms with van der Waals surface area (Å²) >= 11 is 6.31. The minimum absolute atomic E-state index is 0.601. The third kappa shape index (κ3) is 5.78. The zero-order chi connectivity index (χ0) is 43.3. The summed E-state index contributed by atoms with van der Waals surface area (Å²) in [5, 5.41) is 9.16. The van der Waals surface area contributed by atoms with Crippen LogP contribution in [0.4, 0.5) is 0 Å². The van der Waals surface area contributed by atoms with Crippen molar-refractivity contribution in [1.82, 2.24) is 0 Å². The summed E-state index contributed by atoms with van der Waals surface area (Å²) in [5.74, 6) is 9.72. The van der Waals surface area contributed by atoms with Gasteiger partial charge in [0.15, 0.2) is 7.14 Å². The average molecular weight is 919 g/mol. The number of rotatable bonds is 0. The van der Waals surface area contributed by atoms with Crippen LogP contribution in [-0.4, -0.2) is 0 Å². The van der Waals surface area contributed by atoms with Crippen LogP contribution >= 0.6 is 21.1 Å². The molecule has 0 spiro atoms. The highest BCUT2D eigenvalue weighted by Crippen LogP contribution is 2.60.